The van der Waals surface area contributed by atoms with E-state index in [2.05, 4.69) is 4.72 Å². The van der Waals surface area contributed by atoms with Gasteiger partial charge in [0.1, 0.15) is 0 Å². The molecule has 0 bridgehead atoms. The van der Waals surface area contributed by atoms with E-state index in [1.54, 1.807) is 12.1 Å². The Hall–Kier alpha value is -1.20. The Morgan fingerprint density at radius 1 is 1.26 bits per heavy atom. The fourth-order valence-corrected chi connectivity index (χ4v) is 4.03. The van der Waals surface area contributed by atoms with Crippen molar-refractivity contribution in [1.29, 1.82) is 0 Å². The van der Waals surface area contributed by atoms with E-state index in [0.29, 0.717) is 5.56 Å². The Bertz CT molecular complexity index is 586. The molecule has 0 heterocycles. The van der Waals surface area contributed by atoms with Crippen molar-refractivity contribution < 1.29 is 13.2 Å². The second kappa shape index (κ2) is 5.06. The molecule has 0 amide bonds. The van der Waals surface area contributed by atoms with Crippen molar-refractivity contribution in [3.63, 3.8) is 0 Å². The molecule has 1 aromatic carbocycles. The summed E-state index contributed by atoms with van der Waals surface area (Å²) in [5.41, 5.74) is 0.0601. The minimum atomic E-state index is -3.56. The van der Waals surface area contributed by atoms with Crippen molar-refractivity contribution in [3.8, 4) is 0 Å². The third kappa shape index (κ3) is 3.22. The van der Waals surface area contributed by atoms with Gasteiger partial charge in [0.2, 0.25) is 10.0 Å². The molecule has 19 heavy (non-hydrogen) atoms. The van der Waals surface area contributed by atoms with Gasteiger partial charge < -0.3 is 0 Å². The van der Waals surface area contributed by atoms with Crippen LogP contribution >= 0.6 is 0 Å². The molecule has 0 radical (unpaired) electrons. The molecule has 1 saturated carbocycles. The molecule has 4 nitrogen and oxygen atoms in total. The third-order valence-electron chi connectivity index (χ3n) is 3.64. The minimum Gasteiger partial charge on any atom is -0.295 e. The highest BCUT2D eigenvalue weighted by Gasteiger charge is 2.33. The maximum absolute atomic E-state index is 12.3. The number of nitrogens with one attached hydrogen (secondary N) is 1. The molecule has 0 aromatic heterocycles. The Morgan fingerprint density at radius 2 is 1.89 bits per heavy atom. The van der Waals surface area contributed by atoms with Gasteiger partial charge in [-0.05, 0) is 38.8 Å². The molecule has 1 aliphatic carbocycles. The number of carbonyl (C=O) groups is 1. The Balaban J connectivity index is 2.29. The molecule has 5 heteroatoms. The van der Waals surface area contributed by atoms with Crippen LogP contribution in [0.2, 0.25) is 0 Å². The van der Waals surface area contributed by atoms with Crippen molar-refractivity contribution >= 4 is 15.8 Å². The highest BCUT2D eigenvalue weighted by molar-refractivity contribution is 7.89. The van der Waals surface area contributed by atoms with Gasteiger partial charge in [0.25, 0.3) is 0 Å². The average molecular weight is 281 g/mol. The number of hydrogen-bond donors (Lipinski definition) is 1. The summed E-state index contributed by atoms with van der Waals surface area (Å²) in [5, 5.41) is 0. The van der Waals surface area contributed by atoms with E-state index in [1.807, 2.05) is 6.92 Å². The second-order valence-electron chi connectivity index (χ2n) is 5.46. The zero-order chi connectivity index (χ0) is 14.1. The van der Waals surface area contributed by atoms with Crippen LogP contribution in [0.15, 0.2) is 29.2 Å². The lowest BCUT2D eigenvalue weighted by Crippen LogP contribution is -2.43. The molecule has 104 valence electrons. The van der Waals surface area contributed by atoms with E-state index < -0.39 is 10.0 Å². The van der Waals surface area contributed by atoms with Crippen LogP contribution in [-0.2, 0) is 10.0 Å². The molecule has 1 aromatic rings. The normalized spacial score (nSPS) is 18.4. The molecule has 1 fully saturated rings. The maximum Gasteiger partial charge on any atom is 0.241 e. The number of sulfonamides is 1. The lowest BCUT2D eigenvalue weighted by Gasteiger charge is -2.25. The number of rotatable bonds is 4. The van der Waals surface area contributed by atoms with Gasteiger partial charge in [-0.1, -0.05) is 25.0 Å². The van der Waals surface area contributed by atoms with E-state index in [9.17, 15) is 13.2 Å². The Labute approximate surface area is 114 Å². The minimum absolute atomic E-state index is 0.135. The van der Waals surface area contributed by atoms with Crippen LogP contribution in [0.25, 0.3) is 0 Å². The first-order chi connectivity index (χ1) is 8.82. The molecule has 1 aliphatic rings. The van der Waals surface area contributed by atoms with Gasteiger partial charge >= 0.3 is 0 Å². The zero-order valence-electron chi connectivity index (χ0n) is 11.3. The lowest BCUT2D eigenvalue weighted by molar-refractivity contribution is 0.101. The molecule has 2 rings (SSSR count). The van der Waals surface area contributed by atoms with Crippen LogP contribution in [0.1, 0.15) is 49.9 Å². The highest BCUT2D eigenvalue weighted by Crippen LogP contribution is 2.30. The van der Waals surface area contributed by atoms with Crippen LogP contribution in [0.4, 0.5) is 0 Å². The molecule has 0 spiro atoms. The van der Waals surface area contributed by atoms with E-state index >= 15 is 0 Å². The van der Waals surface area contributed by atoms with Gasteiger partial charge in [-0.2, -0.15) is 0 Å². The molecule has 0 saturated heterocycles. The first-order valence-corrected chi connectivity index (χ1v) is 7.96. The third-order valence-corrected chi connectivity index (χ3v) is 5.27. The molecule has 0 atom stereocenters. The summed E-state index contributed by atoms with van der Waals surface area (Å²) in [5.74, 6) is -0.135. The second-order valence-corrected chi connectivity index (χ2v) is 7.14. The first kappa shape index (κ1) is 14.2. The number of Topliss-reactive ketones (excluding diaryl/α,β-unsaturated/α-hetero) is 1. The topological polar surface area (TPSA) is 63.2 Å². The molecule has 0 unspecified atom stereocenters. The summed E-state index contributed by atoms with van der Waals surface area (Å²) < 4.78 is 27.5. The number of carbonyl (C=O) groups excluding carboxylic acids is 1. The standard InChI is InChI=1S/C14H19NO3S/c1-11(16)12-6-5-7-13(10-12)19(17,18)15-14(2)8-3-4-9-14/h5-7,10,15H,3-4,8-9H2,1-2H3. The van der Waals surface area contributed by atoms with E-state index in [0.717, 1.165) is 25.7 Å². The summed E-state index contributed by atoms with van der Waals surface area (Å²) in [7, 11) is -3.56. The SMILES string of the molecule is CC(=O)c1cccc(S(=O)(=O)NC2(C)CCCC2)c1. The van der Waals surface area contributed by atoms with Crippen molar-refractivity contribution in [1.82, 2.24) is 4.72 Å². The van der Waals surface area contributed by atoms with Crippen LogP contribution in [0.3, 0.4) is 0 Å². The predicted molar refractivity (Wildman–Crippen MR) is 73.6 cm³/mol. The summed E-state index contributed by atoms with van der Waals surface area (Å²) in [4.78, 5) is 11.5. The summed E-state index contributed by atoms with van der Waals surface area (Å²) in [6.45, 7) is 3.36. The summed E-state index contributed by atoms with van der Waals surface area (Å²) >= 11 is 0. The Morgan fingerprint density at radius 3 is 2.47 bits per heavy atom. The van der Waals surface area contributed by atoms with Crippen LogP contribution < -0.4 is 4.72 Å². The fraction of sp³-hybridized carbons (Fsp3) is 0.500. The zero-order valence-corrected chi connectivity index (χ0v) is 12.1. The largest absolute Gasteiger partial charge is 0.295 e. The van der Waals surface area contributed by atoms with E-state index in [1.165, 1.54) is 19.1 Å². The van der Waals surface area contributed by atoms with Crippen LogP contribution in [0, 0.1) is 0 Å². The van der Waals surface area contributed by atoms with Gasteiger partial charge in [0, 0.05) is 11.1 Å². The lowest BCUT2D eigenvalue weighted by atomic mass is 10.0. The number of hydrogen-bond acceptors (Lipinski definition) is 3. The van der Waals surface area contributed by atoms with Gasteiger partial charge in [-0.15, -0.1) is 0 Å². The van der Waals surface area contributed by atoms with Crippen molar-refractivity contribution in [3.05, 3.63) is 29.8 Å². The van der Waals surface area contributed by atoms with Crippen molar-refractivity contribution in [2.45, 2.75) is 50.0 Å². The summed E-state index contributed by atoms with van der Waals surface area (Å²) in [6.07, 6.45) is 3.82. The Kier molecular flexibility index (Phi) is 3.78. The van der Waals surface area contributed by atoms with E-state index in [-0.39, 0.29) is 16.2 Å². The van der Waals surface area contributed by atoms with Gasteiger partial charge in [0.05, 0.1) is 4.90 Å². The van der Waals surface area contributed by atoms with E-state index in [4.69, 9.17) is 0 Å². The summed E-state index contributed by atoms with van der Waals surface area (Å²) in [6, 6.07) is 6.18. The molecule has 1 N–H and O–H groups in total. The highest BCUT2D eigenvalue weighted by atomic mass is 32.2. The monoisotopic (exact) mass is 281 g/mol. The molecular formula is C14H19NO3S. The van der Waals surface area contributed by atoms with Crippen LogP contribution in [-0.4, -0.2) is 19.7 Å². The van der Waals surface area contributed by atoms with Gasteiger partial charge in [0.15, 0.2) is 5.78 Å². The fourth-order valence-electron chi connectivity index (χ4n) is 2.52. The van der Waals surface area contributed by atoms with Gasteiger partial charge in [-0.25, -0.2) is 13.1 Å². The average Bonchev–Trinajstić information content (AvgIpc) is 2.75. The predicted octanol–water partition coefficient (Wildman–Crippen LogP) is 2.50. The van der Waals surface area contributed by atoms with Crippen molar-refractivity contribution in [2.24, 2.45) is 0 Å². The van der Waals surface area contributed by atoms with Crippen molar-refractivity contribution in [2.75, 3.05) is 0 Å². The van der Waals surface area contributed by atoms with Gasteiger partial charge in [-0.3, -0.25) is 4.79 Å². The molecular weight excluding hydrogens is 262 g/mol. The smallest absolute Gasteiger partial charge is 0.241 e. The number of benzene rings is 1. The molecule has 0 aliphatic heterocycles. The first-order valence-electron chi connectivity index (χ1n) is 6.47. The van der Waals surface area contributed by atoms with Crippen LogP contribution in [0.5, 0.6) is 0 Å². The quantitative estimate of drug-likeness (QED) is 0.862. The maximum atomic E-state index is 12.3. The number of ketones is 1.